The number of halogens is 1. The lowest BCUT2D eigenvalue weighted by Crippen LogP contribution is -2.54. The lowest BCUT2D eigenvalue weighted by molar-refractivity contribution is -0.122. The summed E-state index contributed by atoms with van der Waals surface area (Å²) in [5, 5.41) is 11.7. The fourth-order valence-corrected chi connectivity index (χ4v) is 3.71. The Morgan fingerprint density at radius 2 is 1.76 bits per heavy atom. The molecular weight excluding hydrogens is 504 g/mol. The van der Waals surface area contributed by atoms with Crippen molar-refractivity contribution in [3.05, 3.63) is 87.9 Å². The van der Waals surface area contributed by atoms with Crippen molar-refractivity contribution in [2.24, 2.45) is 0 Å². The van der Waals surface area contributed by atoms with Crippen LogP contribution >= 0.6 is 15.9 Å². The van der Waals surface area contributed by atoms with Crippen LogP contribution in [-0.4, -0.2) is 30.1 Å². The van der Waals surface area contributed by atoms with Gasteiger partial charge in [0.25, 0.3) is 11.8 Å². The first-order chi connectivity index (χ1) is 16.4. The highest BCUT2D eigenvalue weighted by Crippen LogP contribution is 2.30. The van der Waals surface area contributed by atoms with Gasteiger partial charge >= 0.3 is 6.03 Å². The standard InChI is InChI=1S/C25H19BrN2O6/c1-33-19-11-6-15(22(13-19)34-14-16-4-2-3-5-21(16)26)12-20-23(30)27-25(32)28(24(20)31)17-7-9-18(29)10-8-17/h2-13,29H,14H2,1H3,(H,27,30,32)/b20-12+. The molecule has 4 amide bonds. The van der Waals surface area contributed by atoms with E-state index in [0.717, 1.165) is 14.9 Å². The maximum absolute atomic E-state index is 13.1. The Bertz CT molecular complexity index is 1300. The average molecular weight is 523 g/mol. The number of barbiturate groups is 1. The van der Waals surface area contributed by atoms with Crippen molar-refractivity contribution in [3.63, 3.8) is 0 Å². The first-order valence-corrected chi connectivity index (χ1v) is 10.9. The van der Waals surface area contributed by atoms with Crippen LogP contribution in [0.15, 0.2) is 76.8 Å². The number of phenols is 1. The average Bonchev–Trinajstić information content (AvgIpc) is 2.82. The third kappa shape index (κ3) is 4.79. The number of carbonyl (C=O) groups excluding carboxylic acids is 3. The van der Waals surface area contributed by atoms with Crippen LogP contribution in [0.5, 0.6) is 17.2 Å². The van der Waals surface area contributed by atoms with Gasteiger partial charge in [-0.25, -0.2) is 9.69 Å². The number of urea groups is 1. The van der Waals surface area contributed by atoms with E-state index in [2.05, 4.69) is 21.2 Å². The number of nitrogens with one attached hydrogen (secondary N) is 1. The second-order valence-electron chi connectivity index (χ2n) is 7.26. The number of benzene rings is 3. The quantitative estimate of drug-likeness (QED) is 0.367. The SMILES string of the molecule is COc1ccc(/C=C2\C(=O)NC(=O)N(c3ccc(O)cc3)C2=O)c(OCc2ccccc2Br)c1. The molecule has 34 heavy (non-hydrogen) atoms. The molecule has 3 aromatic carbocycles. The molecule has 0 atom stereocenters. The number of rotatable bonds is 6. The van der Waals surface area contributed by atoms with Crippen molar-refractivity contribution in [2.75, 3.05) is 12.0 Å². The van der Waals surface area contributed by atoms with Crippen molar-refractivity contribution >= 4 is 45.5 Å². The number of hydrogen-bond acceptors (Lipinski definition) is 6. The second-order valence-corrected chi connectivity index (χ2v) is 8.11. The lowest BCUT2D eigenvalue weighted by atomic mass is 10.1. The summed E-state index contributed by atoms with van der Waals surface area (Å²) in [5.74, 6) is -0.726. The number of amides is 4. The zero-order valence-corrected chi connectivity index (χ0v) is 19.5. The highest BCUT2D eigenvalue weighted by Gasteiger charge is 2.37. The first kappa shape index (κ1) is 23.1. The van der Waals surface area contributed by atoms with Gasteiger partial charge in [-0.3, -0.25) is 14.9 Å². The number of carbonyl (C=O) groups is 3. The van der Waals surface area contributed by atoms with Gasteiger partial charge in [-0.15, -0.1) is 0 Å². The van der Waals surface area contributed by atoms with Crippen molar-refractivity contribution in [1.29, 1.82) is 0 Å². The molecule has 1 saturated heterocycles. The highest BCUT2D eigenvalue weighted by molar-refractivity contribution is 9.10. The predicted molar refractivity (Wildman–Crippen MR) is 129 cm³/mol. The molecule has 1 aliphatic heterocycles. The Kier molecular flexibility index (Phi) is 6.65. The third-order valence-electron chi connectivity index (χ3n) is 5.07. The van der Waals surface area contributed by atoms with Gasteiger partial charge in [0.1, 0.15) is 29.4 Å². The van der Waals surface area contributed by atoms with E-state index in [1.807, 2.05) is 24.3 Å². The van der Waals surface area contributed by atoms with E-state index in [4.69, 9.17) is 9.47 Å². The predicted octanol–water partition coefficient (Wildman–Crippen LogP) is 4.41. The van der Waals surface area contributed by atoms with Gasteiger partial charge in [0, 0.05) is 21.7 Å². The highest BCUT2D eigenvalue weighted by atomic mass is 79.9. The van der Waals surface area contributed by atoms with E-state index >= 15 is 0 Å². The minimum absolute atomic E-state index is 0.0227. The molecule has 1 aliphatic rings. The monoisotopic (exact) mass is 522 g/mol. The molecule has 1 fully saturated rings. The number of methoxy groups -OCH3 is 1. The van der Waals surface area contributed by atoms with Gasteiger partial charge in [-0.2, -0.15) is 0 Å². The molecule has 8 nitrogen and oxygen atoms in total. The van der Waals surface area contributed by atoms with E-state index in [-0.39, 0.29) is 23.6 Å². The van der Waals surface area contributed by atoms with Gasteiger partial charge in [-0.1, -0.05) is 34.1 Å². The number of imide groups is 2. The van der Waals surface area contributed by atoms with Gasteiger partial charge in [0.15, 0.2) is 0 Å². The summed E-state index contributed by atoms with van der Waals surface area (Å²) < 4.78 is 12.2. The molecule has 3 aromatic rings. The summed E-state index contributed by atoms with van der Waals surface area (Å²) >= 11 is 3.48. The smallest absolute Gasteiger partial charge is 0.335 e. The zero-order valence-electron chi connectivity index (χ0n) is 17.9. The molecule has 0 unspecified atom stereocenters. The number of ether oxygens (including phenoxy) is 2. The fourth-order valence-electron chi connectivity index (χ4n) is 3.31. The largest absolute Gasteiger partial charge is 0.508 e. The molecule has 0 radical (unpaired) electrons. The molecule has 0 aromatic heterocycles. The van der Waals surface area contributed by atoms with Crippen LogP contribution in [0.1, 0.15) is 11.1 Å². The Morgan fingerprint density at radius 3 is 2.47 bits per heavy atom. The molecule has 9 heteroatoms. The van der Waals surface area contributed by atoms with Crippen molar-refractivity contribution < 1.29 is 29.0 Å². The third-order valence-corrected chi connectivity index (χ3v) is 5.84. The molecule has 0 aliphatic carbocycles. The Balaban J connectivity index is 1.69. The Morgan fingerprint density at radius 1 is 1.03 bits per heavy atom. The molecule has 4 rings (SSSR count). The van der Waals surface area contributed by atoms with Crippen molar-refractivity contribution in [1.82, 2.24) is 5.32 Å². The Hall–Kier alpha value is -4.11. The first-order valence-electron chi connectivity index (χ1n) is 10.1. The number of anilines is 1. The van der Waals surface area contributed by atoms with E-state index in [0.29, 0.717) is 17.1 Å². The number of phenolic OH excluding ortho intramolecular Hbond substituents is 1. The summed E-state index contributed by atoms with van der Waals surface area (Å²) in [5.41, 5.74) is 1.31. The van der Waals surface area contributed by atoms with Crippen LogP contribution < -0.4 is 19.7 Å². The van der Waals surface area contributed by atoms with Crippen LogP contribution in [0.2, 0.25) is 0 Å². The number of aromatic hydroxyl groups is 1. The van der Waals surface area contributed by atoms with Crippen LogP contribution in [0.3, 0.4) is 0 Å². The minimum Gasteiger partial charge on any atom is -0.508 e. The molecule has 2 N–H and O–H groups in total. The maximum Gasteiger partial charge on any atom is 0.335 e. The maximum atomic E-state index is 13.1. The topological polar surface area (TPSA) is 105 Å². The van der Waals surface area contributed by atoms with E-state index in [1.165, 1.54) is 37.5 Å². The summed E-state index contributed by atoms with van der Waals surface area (Å²) in [6.07, 6.45) is 1.37. The van der Waals surface area contributed by atoms with E-state index in [1.54, 1.807) is 18.2 Å². The van der Waals surface area contributed by atoms with E-state index < -0.39 is 17.8 Å². The van der Waals surface area contributed by atoms with Gasteiger partial charge in [0.2, 0.25) is 0 Å². The molecule has 1 heterocycles. The van der Waals surface area contributed by atoms with Gasteiger partial charge < -0.3 is 14.6 Å². The molecule has 172 valence electrons. The fraction of sp³-hybridized carbons (Fsp3) is 0.0800. The summed E-state index contributed by atoms with van der Waals surface area (Å²) in [4.78, 5) is 38.9. The molecule has 0 spiro atoms. The summed E-state index contributed by atoms with van der Waals surface area (Å²) in [6, 6.07) is 17.2. The zero-order chi connectivity index (χ0) is 24.2. The number of nitrogens with zero attached hydrogens (tertiary/aromatic N) is 1. The lowest BCUT2D eigenvalue weighted by Gasteiger charge is -2.26. The van der Waals surface area contributed by atoms with Crippen LogP contribution in [0.4, 0.5) is 10.5 Å². The molecule has 0 saturated carbocycles. The van der Waals surface area contributed by atoms with Gasteiger partial charge in [0.05, 0.1) is 12.8 Å². The summed E-state index contributed by atoms with van der Waals surface area (Å²) in [6.45, 7) is 0.225. The minimum atomic E-state index is -0.877. The van der Waals surface area contributed by atoms with Crippen LogP contribution in [0, 0.1) is 0 Å². The summed E-state index contributed by atoms with van der Waals surface area (Å²) in [7, 11) is 1.52. The van der Waals surface area contributed by atoms with E-state index in [9.17, 15) is 19.5 Å². The van der Waals surface area contributed by atoms with Gasteiger partial charge in [-0.05, 0) is 48.5 Å². The number of hydrogen-bond donors (Lipinski definition) is 2. The van der Waals surface area contributed by atoms with Crippen molar-refractivity contribution in [3.8, 4) is 17.2 Å². The second kappa shape index (κ2) is 9.80. The molecular formula is C25H19BrN2O6. The van der Waals surface area contributed by atoms with Crippen molar-refractivity contribution in [2.45, 2.75) is 6.61 Å². The molecule has 0 bridgehead atoms. The van der Waals surface area contributed by atoms with Crippen LogP contribution in [0.25, 0.3) is 6.08 Å². The van der Waals surface area contributed by atoms with Crippen LogP contribution in [-0.2, 0) is 16.2 Å². The normalized spacial score (nSPS) is 14.8. The Labute approximate surface area is 203 Å².